The lowest BCUT2D eigenvalue weighted by Crippen LogP contribution is -2.33. The Kier molecular flexibility index (Phi) is 2.92. The Bertz CT molecular complexity index is 696. The summed E-state index contributed by atoms with van der Waals surface area (Å²) in [5, 5.41) is 0. The zero-order valence-electron chi connectivity index (χ0n) is 11.2. The van der Waals surface area contributed by atoms with Gasteiger partial charge in [-0.05, 0) is 30.7 Å². The van der Waals surface area contributed by atoms with E-state index in [4.69, 9.17) is 0 Å². The van der Waals surface area contributed by atoms with Gasteiger partial charge < -0.3 is 0 Å². The number of benzene rings is 2. The normalized spacial score (nSPS) is 10.6. The number of para-hydroxylation sites is 2. The first-order valence-corrected chi connectivity index (χ1v) is 6.48. The SMILES string of the molecule is Cc1ccccc1-[n+]1ccn(-c2ccccc2)c1C. The molecule has 2 heteroatoms. The minimum absolute atomic E-state index is 1.19. The Morgan fingerprint density at radius 2 is 1.53 bits per heavy atom. The maximum absolute atomic E-state index is 2.22. The molecule has 3 aromatic rings. The Morgan fingerprint density at radius 1 is 0.842 bits per heavy atom. The van der Waals surface area contributed by atoms with E-state index in [2.05, 4.69) is 83.9 Å². The van der Waals surface area contributed by atoms with Crippen LogP contribution in [0.5, 0.6) is 0 Å². The summed E-state index contributed by atoms with van der Waals surface area (Å²) in [6.07, 6.45) is 4.22. The first-order chi connectivity index (χ1) is 9.27. The molecule has 0 saturated heterocycles. The number of nitrogens with zero attached hydrogens (tertiary/aromatic N) is 2. The van der Waals surface area contributed by atoms with Crippen LogP contribution in [0.2, 0.25) is 0 Å². The highest BCUT2D eigenvalue weighted by atomic mass is 15.1. The summed E-state index contributed by atoms with van der Waals surface area (Å²) < 4.78 is 4.43. The Labute approximate surface area is 113 Å². The fourth-order valence-corrected chi connectivity index (χ4v) is 2.41. The molecule has 0 atom stereocenters. The van der Waals surface area contributed by atoms with E-state index < -0.39 is 0 Å². The molecular formula is C17H17N2+. The third kappa shape index (κ3) is 2.06. The monoisotopic (exact) mass is 249 g/mol. The second kappa shape index (κ2) is 4.73. The molecular weight excluding hydrogens is 232 g/mol. The highest BCUT2D eigenvalue weighted by Crippen LogP contribution is 2.12. The molecule has 0 radical (unpaired) electrons. The van der Waals surface area contributed by atoms with Gasteiger partial charge in [-0.3, -0.25) is 0 Å². The lowest BCUT2D eigenvalue weighted by Gasteiger charge is -2.03. The van der Waals surface area contributed by atoms with Crippen LogP contribution in [0.25, 0.3) is 11.4 Å². The predicted octanol–water partition coefficient (Wildman–Crippen LogP) is 3.37. The van der Waals surface area contributed by atoms with Gasteiger partial charge in [0.15, 0.2) is 0 Å². The topological polar surface area (TPSA) is 8.81 Å². The third-order valence-corrected chi connectivity index (χ3v) is 3.47. The molecule has 3 rings (SSSR count). The van der Waals surface area contributed by atoms with Gasteiger partial charge in [-0.1, -0.05) is 36.4 Å². The lowest BCUT2D eigenvalue weighted by atomic mass is 10.2. The molecule has 1 aromatic heterocycles. The summed E-state index contributed by atoms with van der Waals surface area (Å²) in [5.41, 5.74) is 3.70. The van der Waals surface area contributed by atoms with Crippen LogP contribution < -0.4 is 4.57 Å². The summed E-state index contributed by atoms with van der Waals surface area (Å²) in [5.74, 6) is 1.19. The highest BCUT2D eigenvalue weighted by Gasteiger charge is 2.16. The summed E-state index contributed by atoms with van der Waals surface area (Å²) in [7, 11) is 0. The molecule has 0 aliphatic carbocycles. The van der Waals surface area contributed by atoms with E-state index >= 15 is 0 Å². The molecule has 19 heavy (non-hydrogen) atoms. The van der Waals surface area contributed by atoms with E-state index in [0.717, 1.165) is 0 Å². The fourth-order valence-electron chi connectivity index (χ4n) is 2.41. The van der Waals surface area contributed by atoms with Crippen molar-refractivity contribution in [1.82, 2.24) is 4.57 Å². The van der Waals surface area contributed by atoms with Crippen LogP contribution in [-0.4, -0.2) is 4.57 Å². The van der Waals surface area contributed by atoms with Crippen molar-refractivity contribution in [2.75, 3.05) is 0 Å². The van der Waals surface area contributed by atoms with Crippen molar-refractivity contribution in [1.29, 1.82) is 0 Å². The average molecular weight is 249 g/mol. The van der Waals surface area contributed by atoms with Crippen molar-refractivity contribution in [3.63, 3.8) is 0 Å². The zero-order chi connectivity index (χ0) is 13.2. The van der Waals surface area contributed by atoms with Crippen LogP contribution in [0.15, 0.2) is 67.0 Å². The van der Waals surface area contributed by atoms with Crippen molar-refractivity contribution in [2.45, 2.75) is 13.8 Å². The molecule has 0 N–H and O–H groups in total. The minimum Gasteiger partial charge on any atom is -0.200 e. The Hall–Kier alpha value is -2.35. The van der Waals surface area contributed by atoms with Crippen LogP contribution in [0.1, 0.15) is 11.4 Å². The number of imidazole rings is 1. The molecule has 0 unspecified atom stereocenters. The van der Waals surface area contributed by atoms with E-state index in [1.165, 1.54) is 22.8 Å². The largest absolute Gasteiger partial charge is 0.263 e. The Balaban J connectivity index is 2.12. The summed E-state index contributed by atoms with van der Waals surface area (Å²) in [4.78, 5) is 0. The number of rotatable bonds is 2. The number of aryl methyl sites for hydroxylation is 1. The van der Waals surface area contributed by atoms with Gasteiger partial charge >= 0.3 is 0 Å². The number of hydrogen-bond donors (Lipinski definition) is 0. The van der Waals surface area contributed by atoms with Gasteiger partial charge in [0, 0.05) is 6.92 Å². The standard InChI is InChI=1S/C17H17N2/c1-14-8-6-7-11-17(14)19-13-12-18(15(19)2)16-9-4-3-5-10-16/h3-13H,1-2H3/q+1. The second-order valence-corrected chi connectivity index (χ2v) is 4.71. The van der Waals surface area contributed by atoms with E-state index in [1.807, 2.05) is 6.07 Å². The van der Waals surface area contributed by atoms with Crippen LogP contribution in [-0.2, 0) is 0 Å². The van der Waals surface area contributed by atoms with Gasteiger partial charge in [-0.15, -0.1) is 0 Å². The van der Waals surface area contributed by atoms with E-state index in [1.54, 1.807) is 0 Å². The maximum Gasteiger partial charge on any atom is 0.263 e. The lowest BCUT2D eigenvalue weighted by molar-refractivity contribution is -0.602. The third-order valence-electron chi connectivity index (χ3n) is 3.47. The van der Waals surface area contributed by atoms with E-state index in [0.29, 0.717) is 0 Å². The first kappa shape index (κ1) is 11.7. The molecule has 94 valence electrons. The van der Waals surface area contributed by atoms with Crippen molar-refractivity contribution in [3.05, 3.63) is 78.4 Å². The number of aromatic nitrogens is 2. The van der Waals surface area contributed by atoms with E-state index in [-0.39, 0.29) is 0 Å². The van der Waals surface area contributed by atoms with Gasteiger partial charge in [0.1, 0.15) is 23.8 Å². The molecule has 0 bridgehead atoms. The summed E-state index contributed by atoms with van der Waals surface area (Å²) in [6.45, 7) is 4.28. The fraction of sp³-hybridized carbons (Fsp3) is 0.118. The van der Waals surface area contributed by atoms with E-state index in [9.17, 15) is 0 Å². The highest BCUT2D eigenvalue weighted by molar-refractivity contribution is 5.34. The van der Waals surface area contributed by atoms with Gasteiger partial charge in [0.25, 0.3) is 5.82 Å². The Morgan fingerprint density at radius 3 is 2.26 bits per heavy atom. The molecule has 2 nitrogen and oxygen atoms in total. The van der Waals surface area contributed by atoms with Crippen molar-refractivity contribution >= 4 is 0 Å². The van der Waals surface area contributed by atoms with Gasteiger partial charge in [-0.2, -0.15) is 9.13 Å². The summed E-state index contributed by atoms with van der Waals surface area (Å²) in [6, 6.07) is 18.8. The first-order valence-electron chi connectivity index (χ1n) is 6.48. The van der Waals surface area contributed by atoms with Gasteiger partial charge in [0.05, 0.1) is 0 Å². The van der Waals surface area contributed by atoms with Gasteiger partial charge in [-0.25, -0.2) is 0 Å². The van der Waals surface area contributed by atoms with Crippen LogP contribution >= 0.6 is 0 Å². The van der Waals surface area contributed by atoms with Gasteiger partial charge in [0.2, 0.25) is 0 Å². The maximum atomic E-state index is 2.22. The van der Waals surface area contributed by atoms with Crippen molar-refractivity contribution in [3.8, 4) is 11.4 Å². The van der Waals surface area contributed by atoms with Crippen LogP contribution in [0, 0.1) is 13.8 Å². The molecule has 0 saturated carbocycles. The summed E-state index contributed by atoms with van der Waals surface area (Å²) >= 11 is 0. The van der Waals surface area contributed by atoms with Crippen molar-refractivity contribution in [2.24, 2.45) is 0 Å². The smallest absolute Gasteiger partial charge is 0.200 e. The molecule has 0 fully saturated rings. The molecule has 1 heterocycles. The second-order valence-electron chi connectivity index (χ2n) is 4.71. The zero-order valence-corrected chi connectivity index (χ0v) is 11.2. The quantitative estimate of drug-likeness (QED) is 0.616. The molecule has 0 amide bonds. The van der Waals surface area contributed by atoms with Crippen molar-refractivity contribution < 1.29 is 4.57 Å². The minimum atomic E-state index is 1.19. The predicted molar refractivity (Wildman–Crippen MR) is 76.8 cm³/mol. The molecule has 0 spiro atoms. The average Bonchev–Trinajstić information content (AvgIpc) is 2.82. The molecule has 0 aliphatic heterocycles. The number of hydrogen-bond acceptors (Lipinski definition) is 0. The molecule has 0 aliphatic rings. The molecule has 2 aromatic carbocycles. The van der Waals surface area contributed by atoms with Crippen LogP contribution in [0.4, 0.5) is 0 Å². The van der Waals surface area contributed by atoms with Crippen LogP contribution in [0.3, 0.4) is 0 Å².